The zero-order valence-corrected chi connectivity index (χ0v) is 15.8. The van der Waals surface area contributed by atoms with Gasteiger partial charge in [0.2, 0.25) is 11.5 Å². The lowest BCUT2D eigenvalue weighted by Crippen LogP contribution is -2.14. The number of hydrogen-bond donors (Lipinski definition) is 2. The Morgan fingerprint density at radius 1 is 1.09 bits per heavy atom. The van der Waals surface area contributed by atoms with Crippen molar-refractivity contribution in [2.24, 2.45) is 0 Å². The van der Waals surface area contributed by atoms with Gasteiger partial charge in [-0.3, -0.25) is 24.4 Å². The van der Waals surface area contributed by atoms with E-state index in [1.54, 1.807) is 30.3 Å². The highest BCUT2D eigenvalue weighted by atomic mass is 19.3. The van der Waals surface area contributed by atoms with Crippen LogP contribution in [0.25, 0.3) is 17.0 Å². The van der Waals surface area contributed by atoms with Crippen LogP contribution >= 0.6 is 0 Å². The molecule has 164 valence electrons. The molecule has 2 aromatic carbocycles. The van der Waals surface area contributed by atoms with Gasteiger partial charge in [0, 0.05) is 36.2 Å². The molecular weight excluding hydrogens is 435 g/mol. The van der Waals surface area contributed by atoms with E-state index < -0.39 is 40.4 Å². The second kappa shape index (κ2) is 9.43. The van der Waals surface area contributed by atoms with E-state index >= 15 is 0 Å². The number of anilines is 1. The number of benzene rings is 2. The maximum absolute atomic E-state index is 12.9. The number of nitrogens with zero attached hydrogens (tertiary/aromatic N) is 2. The zero-order valence-electron chi connectivity index (χ0n) is 15.8. The van der Waals surface area contributed by atoms with E-state index in [4.69, 9.17) is 5.11 Å². The summed E-state index contributed by atoms with van der Waals surface area (Å²) in [6.45, 7) is -0.353. The standard InChI is InChI=1S/C20H12F3N3O6/c21-30-16-6-5-14(18(31-22)19(16)32-23)25-20(29)11(8-24)7-12-9-26(10-17(27)28)15-4-2-1-3-13(12)15/h1-7,9H,10H2,(H,25,29)(H,27,28)/b11-7+. The number of carbonyl (C=O) groups excluding carboxylic acids is 1. The highest BCUT2D eigenvalue weighted by Crippen LogP contribution is 2.44. The van der Waals surface area contributed by atoms with E-state index in [1.807, 2.05) is 0 Å². The zero-order chi connectivity index (χ0) is 23.3. The Kier molecular flexibility index (Phi) is 6.50. The number of hydrogen-bond acceptors (Lipinski definition) is 6. The molecule has 3 rings (SSSR count). The van der Waals surface area contributed by atoms with Gasteiger partial charge >= 0.3 is 5.97 Å². The molecule has 12 heteroatoms. The summed E-state index contributed by atoms with van der Waals surface area (Å²) in [5, 5.41) is 21.2. The van der Waals surface area contributed by atoms with E-state index in [0.29, 0.717) is 16.5 Å². The fraction of sp³-hybridized carbons (Fsp3) is 0.0500. The Bertz CT molecular complexity index is 1270. The summed E-state index contributed by atoms with van der Waals surface area (Å²) in [6.07, 6.45) is 2.64. The molecule has 0 aliphatic carbocycles. The van der Waals surface area contributed by atoms with Crippen LogP contribution in [0.2, 0.25) is 0 Å². The molecule has 0 bridgehead atoms. The van der Waals surface area contributed by atoms with Crippen LogP contribution < -0.4 is 20.1 Å². The van der Waals surface area contributed by atoms with Crippen LogP contribution in [-0.4, -0.2) is 21.6 Å². The number of fused-ring (bicyclic) bond motifs is 1. The lowest BCUT2D eigenvalue weighted by molar-refractivity contribution is -0.137. The van der Waals surface area contributed by atoms with Crippen LogP contribution in [0.3, 0.4) is 0 Å². The molecule has 0 spiro atoms. The molecule has 0 atom stereocenters. The number of nitrogens with one attached hydrogen (secondary N) is 1. The Balaban J connectivity index is 1.99. The topological polar surface area (TPSA) is 123 Å². The molecule has 0 aliphatic heterocycles. The van der Waals surface area contributed by atoms with Gasteiger partial charge in [0.25, 0.3) is 11.7 Å². The molecular formula is C20H12F3N3O6. The molecule has 0 radical (unpaired) electrons. The minimum absolute atomic E-state index is 0.353. The number of carboxylic acid groups (broad SMARTS) is 1. The Hall–Kier alpha value is -4.66. The lowest BCUT2D eigenvalue weighted by Gasteiger charge is -2.10. The number of nitriles is 1. The molecule has 1 amide bonds. The summed E-state index contributed by atoms with van der Waals surface area (Å²) < 4.78 is 39.4. The average Bonchev–Trinajstić information content (AvgIpc) is 3.13. The number of aromatic nitrogens is 1. The summed E-state index contributed by atoms with van der Waals surface area (Å²) in [5.41, 5.74) is -0.0232. The first-order chi connectivity index (χ1) is 15.4. The number of carbonyl (C=O) groups is 2. The van der Waals surface area contributed by atoms with Crippen molar-refractivity contribution in [2.75, 3.05) is 5.32 Å². The Labute approximate surface area is 177 Å². The summed E-state index contributed by atoms with van der Waals surface area (Å²) in [6, 6.07) is 10.1. The molecule has 2 N–H and O–H groups in total. The van der Waals surface area contributed by atoms with Crippen molar-refractivity contribution in [1.82, 2.24) is 4.57 Å². The van der Waals surface area contributed by atoms with Gasteiger partial charge in [-0.15, -0.1) is 0 Å². The third-order valence-corrected chi connectivity index (χ3v) is 4.35. The Morgan fingerprint density at radius 3 is 2.44 bits per heavy atom. The molecule has 0 saturated heterocycles. The van der Waals surface area contributed by atoms with E-state index in [0.717, 1.165) is 12.1 Å². The molecule has 0 unspecified atom stereocenters. The molecule has 1 heterocycles. The number of para-hydroxylation sites is 1. The van der Waals surface area contributed by atoms with Crippen LogP contribution in [0.4, 0.5) is 19.3 Å². The van der Waals surface area contributed by atoms with Crippen LogP contribution in [0.5, 0.6) is 17.2 Å². The van der Waals surface area contributed by atoms with Crippen molar-refractivity contribution in [3.8, 4) is 23.3 Å². The Morgan fingerprint density at radius 2 is 1.81 bits per heavy atom. The fourth-order valence-corrected chi connectivity index (χ4v) is 3.01. The molecule has 9 nitrogen and oxygen atoms in total. The second-order valence-corrected chi connectivity index (χ2v) is 6.25. The van der Waals surface area contributed by atoms with Crippen molar-refractivity contribution >= 4 is 34.5 Å². The van der Waals surface area contributed by atoms with E-state index in [2.05, 4.69) is 20.1 Å². The number of aliphatic carboxylic acids is 1. The largest absolute Gasteiger partial charge is 0.480 e. The maximum Gasteiger partial charge on any atom is 0.323 e. The van der Waals surface area contributed by atoms with Crippen LogP contribution in [0.15, 0.2) is 48.2 Å². The molecule has 0 fully saturated rings. The van der Waals surface area contributed by atoms with Gasteiger partial charge in [-0.1, -0.05) is 18.2 Å². The average molecular weight is 447 g/mol. The number of halogens is 3. The van der Waals surface area contributed by atoms with Crippen LogP contribution in [0, 0.1) is 11.3 Å². The SMILES string of the molecule is N#C/C(=C\c1cn(CC(=O)O)c2ccccc12)C(=O)Nc1ccc(OF)c(OF)c1OF. The lowest BCUT2D eigenvalue weighted by atomic mass is 10.1. The first-order valence-corrected chi connectivity index (χ1v) is 8.69. The van der Waals surface area contributed by atoms with Gasteiger partial charge in [0.05, 0.1) is 5.69 Å². The monoisotopic (exact) mass is 447 g/mol. The highest BCUT2D eigenvalue weighted by molar-refractivity contribution is 6.11. The number of amides is 1. The van der Waals surface area contributed by atoms with Crippen molar-refractivity contribution in [3.63, 3.8) is 0 Å². The fourth-order valence-electron chi connectivity index (χ4n) is 3.01. The molecule has 0 aliphatic rings. The number of rotatable bonds is 8. The molecule has 0 saturated carbocycles. The van der Waals surface area contributed by atoms with Crippen LogP contribution in [0.1, 0.15) is 5.56 Å². The van der Waals surface area contributed by atoms with Crippen molar-refractivity contribution < 1.29 is 43.1 Å². The maximum atomic E-state index is 12.9. The smallest absolute Gasteiger partial charge is 0.323 e. The first-order valence-electron chi connectivity index (χ1n) is 8.69. The second-order valence-electron chi connectivity index (χ2n) is 6.25. The normalized spacial score (nSPS) is 11.0. The van der Waals surface area contributed by atoms with Gasteiger partial charge in [-0.05, 0) is 24.3 Å². The number of carboxylic acids is 1. The van der Waals surface area contributed by atoms with E-state index in [1.165, 1.54) is 16.8 Å². The van der Waals surface area contributed by atoms with Crippen LogP contribution in [-0.2, 0) is 16.1 Å². The van der Waals surface area contributed by atoms with E-state index in [9.17, 15) is 28.4 Å². The van der Waals surface area contributed by atoms with E-state index in [-0.39, 0.29) is 6.54 Å². The van der Waals surface area contributed by atoms with Gasteiger partial charge in [-0.2, -0.15) is 5.26 Å². The van der Waals surface area contributed by atoms with Crippen molar-refractivity contribution in [3.05, 3.63) is 53.7 Å². The predicted octanol–water partition coefficient (Wildman–Crippen LogP) is 4.06. The first kappa shape index (κ1) is 22.0. The summed E-state index contributed by atoms with van der Waals surface area (Å²) >= 11 is 0. The summed E-state index contributed by atoms with van der Waals surface area (Å²) in [5.74, 6) is -5.15. The third-order valence-electron chi connectivity index (χ3n) is 4.35. The molecule has 32 heavy (non-hydrogen) atoms. The van der Waals surface area contributed by atoms with Gasteiger partial charge in [0.1, 0.15) is 18.2 Å². The summed E-state index contributed by atoms with van der Waals surface area (Å²) in [7, 11) is 0. The highest BCUT2D eigenvalue weighted by Gasteiger charge is 2.23. The summed E-state index contributed by atoms with van der Waals surface area (Å²) in [4.78, 5) is 33.8. The van der Waals surface area contributed by atoms with Crippen molar-refractivity contribution in [1.29, 1.82) is 5.26 Å². The molecule has 3 aromatic rings. The van der Waals surface area contributed by atoms with Gasteiger partial charge in [-0.25, -0.2) is 0 Å². The minimum atomic E-state index is -1.12. The van der Waals surface area contributed by atoms with Gasteiger partial charge in [0.15, 0.2) is 0 Å². The van der Waals surface area contributed by atoms with Gasteiger partial charge < -0.3 is 15.0 Å². The minimum Gasteiger partial charge on any atom is -0.480 e. The molecule has 1 aromatic heterocycles. The predicted molar refractivity (Wildman–Crippen MR) is 103 cm³/mol. The quantitative estimate of drug-likeness (QED) is 0.394. The van der Waals surface area contributed by atoms with Crippen molar-refractivity contribution in [2.45, 2.75) is 6.54 Å². The third kappa shape index (κ3) is 4.26.